The molecule has 0 radical (unpaired) electrons. The first-order valence-electron chi connectivity index (χ1n) is 18.2. The van der Waals surface area contributed by atoms with Gasteiger partial charge in [-0.25, -0.2) is 4.79 Å². The van der Waals surface area contributed by atoms with Crippen LogP contribution in [0.3, 0.4) is 0 Å². The fraction of sp³-hybridized carbons (Fsp3) is 0.615. The van der Waals surface area contributed by atoms with E-state index in [1.54, 1.807) is 4.90 Å². The van der Waals surface area contributed by atoms with Gasteiger partial charge in [0.1, 0.15) is 0 Å². The van der Waals surface area contributed by atoms with Gasteiger partial charge in [-0.15, -0.1) is 0 Å². The van der Waals surface area contributed by atoms with Gasteiger partial charge >= 0.3 is 6.09 Å². The summed E-state index contributed by atoms with van der Waals surface area (Å²) in [5, 5.41) is 7.32. The Hall–Kier alpha value is -3.14. The van der Waals surface area contributed by atoms with Crippen molar-refractivity contribution in [2.75, 3.05) is 58.2 Å². The molecule has 2 aromatic rings. The van der Waals surface area contributed by atoms with Gasteiger partial charge in [0.15, 0.2) is 11.9 Å². The zero-order valence-corrected chi connectivity index (χ0v) is 31.5. The average molecular weight is 698 g/mol. The van der Waals surface area contributed by atoms with Crippen molar-refractivity contribution >= 4 is 35.6 Å². The fourth-order valence-corrected chi connectivity index (χ4v) is 7.10. The minimum Gasteiger partial charge on any atom is -0.438 e. The third-order valence-corrected chi connectivity index (χ3v) is 10.3. The van der Waals surface area contributed by atoms with E-state index in [-0.39, 0.29) is 11.8 Å². The monoisotopic (exact) mass is 697 g/mol. The maximum atomic E-state index is 12.9. The third-order valence-electron chi connectivity index (χ3n) is 9.71. The first-order valence-corrected chi connectivity index (χ1v) is 18.6. The molecule has 2 amide bonds. The number of anilines is 1. The van der Waals surface area contributed by atoms with Crippen LogP contribution in [0.5, 0.6) is 0 Å². The Labute approximate surface area is 300 Å². The first-order chi connectivity index (χ1) is 23.6. The van der Waals surface area contributed by atoms with E-state index < -0.39 is 12.2 Å². The van der Waals surface area contributed by atoms with Crippen LogP contribution in [-0.2, 0) is 27.2 Å². The minimum atomic E-state index is -0.853. The summed E-state index contributed by atoms with van der Waals surface area (Å²) >= 11 is 6.26. The Balaban J connectivity index is 0.000000419. The summed E-state index contributed by atoms with van der Waals surface area (Å²) < 4.78 is 5.63. The van der Waals surface area contributed by atoms with Crippen LogP contribution in [0, 0.1) is 13.8 Å². The molecule has 10 heteroatoms. The molecule has 0 aliphatic carbocycles. The van der Waals surface area contributed by atoms with Crippen LogP contribution < -0.4 is 10.6 Å². The second-order valence-corrected chi connectivity index (χ2v) is 13.8. The largest absolute Gasteiger partial charge is 0.438 e. The van der Waals surface area contributed by atoms with Crippen molar-refractivity contribution in [2.45, 2.75) is 104 Å². The lowest BCUT2D eigenvalue weighted by atomic mass is 10.0. The molecule has 2 fully saturated rings. The number of ketones is 1. The van der Waals surface area contributed by atoms with Gasteiger partial charge in [-0.05, 0) is 120 Å². The molecule has 0 spiro atoms. The average Bonchev–Trinajstić information content (AvgIpc) is 3.11. The number of aryl methyl sites for hydroxylation is 2. The van der Waals surface area contributed by atoms with Crippen LogP contribution in [0.25, 0.3) is 0 Å². The highest BCUT2D eigenvalue weighted by molar-refractivity contribution is 6.32. The first kappa shape index (κ1) is 40.3. The van der Waals surface area contributed by atoms with Gasteiger partial charge < -0.3 is 30.1 Å². The molecule has 1 atom stereocenters. The van der Waals surface area contributed by atoms with Gasteiger partial charge in [-0.1, -0.05) is 55.8 Å². The predicted molar refractivity (Wildman–Crippen MR) is 201 cm³/mol. The van der Waals surface area contributed by atoms with Crippen LogP contribution in [-0.4, -0.2) is 104 Å². The van der Waals surface area contributed by atoms with Gasteiger partial charge in [-0.3, -0.25) is 9.59 Å². The van der Waals surface area contributed by atoms with Crippen molar-refractivity contribution < 1.29 is 19.1 Å². The molecule has 9 nitrogen and oxygen atoms in total. The topological polar surface area (TPSA) is 94.2 Å². The van der Waals surface area contributed by atoms with E-state index in [1.807, 2.05) is 56.1 Å². The van der Waals surface area contributed by atoms with Gasteiger partial charge in [-0.2, -0.15) is 0 Å². The summed E-state index contributed by atoms with van der Waals surface area (Å²) in [5.74, 6) is -0.197. The van der Waals surface area contributed by atoms with Gasteiger partial charge in [0.25, 0.3) is 0 Å². The third kappa shape index (κ3) is 12.6. The summed E-state index contributed by atoms with van der Waals surface area (Å²) in [6, 6.07) is 12.8. The summed E-state index contributed by atoms with van der Waals surface area (Å²) in [5.41, 5.74) is 4.98. The SMILES string of the molecule is CCCN(CCC)C1CCNCC1.CNc1ccccc1CCN(C=O)C1CCN(C(=O)O[C@H](Cc2cc(C)c(Cl)c(C)c2)C(C)=O)CC1. The Bertz CT molecular complexity index is 1300. The number of nitrogens with zero attached hydrogens (tertiary/aromatic N) is 3. The number of nitrogens with one attached hydrogen (secondary N) is 2. The number of piperidine rings is 2. The highest BCUT2D eigenvalue weighted by Gasteiger charge is 2.30. The summed E-state index contributed by atoms with van der Waals surface area (Å²) in [4.78, 5) is 43.1. The van der Waals surface area contributed by atoms with Crippen molar-refractivity contribution in [1.82, 2.24) is 20.0 Å². The van der Waals surface area contributed by atoms with Crippen molar-refractivity contribution in [3.8, 4) is 0 Å². The zero-order valence-electron chi connectivity index (χ0n) is 30.7. The minimum absolute atomic E-state index is 0.0666. The molecule has 49 heavy (non-hydrogen) atoms. The molecule has 272 valence electrons. The molecule has 0 bridgehead atoms. The number of amides is 2. The van der Waals surface area contributed by atoms with E-state index in [0.717, 1.165) is 46.8 Å². The van der Waals surface area contributed by atoms with Crippen LogP contribution >= 0.6 is 11.6 Å². The Morgan fingerprint density at radius 1 is 1.00 bits per heavy atom. The Morgan fingerprint density at radius 3 is 2.16 bits per heavy atom. The zero-order chi connectivity index (χ0) is 35.8. The second kappa shape index (κ2) is 21.2. The maximum absolute atomic E-state index is 12.9. The van der Waals surface area contributed by atoms with Gasteiger partial charge in [0.2, 0.25) is 6.41 Å². The van der Waals surface area contributed by atoms with E-state index in [1.165, 1.54) is 58.8 Å². The summed E-state index contributed by atoms with van der Waals surface area (Å²) in [7, 11) is 1.89. The number of benzene rings is 2. The van der Waals surface area contributed by atoms with Crippen molar-refractivity contribution in [3.05, 3.63) is 63.7 Å². The number of halogens is 1. The van der Waals surface area contributed by atoms with E-state index in [4.69, 9.17) is 16.3 Å². The van der Waals surface area contributed by atoms with Crippen LogP contribution in [0.4, 0.5) is 10.5 Å². The van der Waals surface area contributed by atoms with E-state index in [0.29, 0.717) is 43.9 Å². The highest BCUT2D eigenvalue weighted by atomic mass is 35.5. The Morgan fingerprint density at radius 2 is 1.61 bits per heavy atom. The van der Waals surface area contributed by atoms with Crippen LogP contribution in [0.1, 0.15) is 81.5 Å². The molecular weight excluding hydrogens is 638 g/mol. The molecule has 0 saturated carbocycles. The van der Waals surface area contributed by atoms with E-state index in [9.17, 15) is 14.4 Å². The molecule has 2 saturated heterocycles. The number of hydrogen-bond donors (Lipinski definition) is 2. The molecule has 0 aromatic heterocycles. The number of para-hydroxylation sites is 1. The van der Waals surface area contributed by atoms with Gasteiger partial charge in [0, 0.05) is 55.9 Å². The predicted octanol–water partition coefficient (Wildman–Crippen LogP) is 6.66. The van der Waals surface area contributed by atoms with Crippen molar-refractivity contribution in [1.29, 1.82) is 0 Å². The number of hydrogen-bond acceptors (Lipinski definition) is 7. The normalized spacial score (nSPS) is 16.0. The van der Waals surface area contributed by atoms with E-state index in [2.05, 4.69) is 35.4 Å². The van der Waals surface area contributed by atoms with E-state index >= 15 is 0 Å². The molecular formula is C39H60ClN5O4. The number of Topliss-reactive ketones (excluding diaryl/α,β-unsaturated/α-hetero) is 1. The molecule has 2 N–H and O–H groups in total. The quantitative estimate of drug-likeness (QED) is 0.201. The van der Waals surface area contributed by atoms with Crippen LogP contribution in [0.15, 0.2) is 36.4 Å². The van der Waals surface area contributed by atoms with Gasteiger partial charge in [0.05, 0.1) is 0 Å². The number of likely N-dealkylation sites (tertiary alicyclic amines) is 1. The Kier molecular flexibility index (Phi) is 17.4. The van der Waals surface area contributed by atoms with Crippen molar-refractivity contribution in [3.63, 3.8) is 0 Å². The van der Waals surface area contributed by atoms with Crippen molar-refractivity contribution in [2.24, 2.45) is 0 Å². The van der Waals surface area contributed by atoms with Crippen LogP contribution in [0.2, 0.25) is 5.02 Å². The second-order valence-electron chi connectivity index (χ2n) is 13.5. The lowest BCUT2D eigenvalue weighted by molar-refractivity contribution is -0.126. The lowest BCUT2D eigenvalue weighted by Crippen LogP contribution is -2.48. The smallest absolute Gasteiger partial charge is 0.410 e. The summed E-state index contributed by atoms with van der Waals surface area (Å²) in [6.45, 7) is 16.4. The number of carbonyl (C=O) groups excluding carboxylic acids is 3. The molecule has 2 aromatic carbocycles. The standard InChI is InChI=1S/C28H36ClN3O4.C11H24N2/c1-19-15-22(16-20(2)27(19)29)17-26(21(3)34)36-28(35)31-13-10-24(11-14-31)32(18-33)12-9-23-7-5-6-8-25(23)30-4;1-3-9-13(10-4-2)11-5-7-12-8-6-11/h5-8,15-16,18,24,26,30H,9-14,17H2,1-4H3;11-12H,3-10H2,1-2H3/t26-;/m1./s1. The molecule has 2 aliphatic rings. The molecule has 0 unspecified atom stereocenters. The number of rotatable bonds is 15. The fourth-order valence-electron chi connectivity index (χ4n) is 6.99. The highest BCUT2D eigenvalue weighted by Crippen LogP contribution is 2.24. The number of carbonyl (C=O) groups is 3. The molecule has 4 rings (SSSR count). The molecule has 2 heterocycles. The molecule has 2 aliphatic heterocycles. The maximum Gasteiger partial charge on any atom is 0.410 e. The number of ether oxygens (including phenoxy) is 1. The summed E-state index contributed by atoms with van der Waals surface area (Å²) in [6.07, 6.45) is 7.25. The lowest BCUT2D eigenvalue weighted by Gasteiger charge is -2.36.